The molecule has 1 aliphatic heterocycles. The van der Waals surface area contributed by atoms with Crippen molar-refractivity contribution in [2.75, 3.05) is 11.9 Å². The van der Waals surface area contributed by atoms with Gasteiger partial charge in [0.1, 0.15) is 18.2 Å². The minimum atomic E-state index is -0.752. The summed E-state index contributed by atoms with van der Waals surface area (Å²) in [5.41, 5.74) is 2.29. The number of carbonyl (C=O) groups excluding carboxylic acids is 2. The molecule has 0 saturated heterocycles. The number of fused-ring (bicyclic) bond motifs is 2. The first kappa shape index (κ1) is 20.8. The van der Waals surface area contributed by atoms with Crippen molar-refractivity contribution in [1.29, 1.82) is 0 Å². The van der Waals surface area contributed by atoms with Gasteiger partial charge in [-0.15, -0.1) is 0 Å². The Morgan fingerprint density at radius 2 is 1.64 bits per heavy atom. The number of amides is 2. The van der Waals surface area contributed by atoms with Gasteiger partial charge >= 0.3 is 0 Å². The lowest BCUT2D eigenvalue weighted by molar-refractivity contribution is -0.135. The van der Waals surface area contributed by atoms with Crippen molar-refractivity contribution in [3.05, 3.63) is 113 Å². The van der Waals surface area contributed by atoms with Crippen molar-refractivity contribution >= 4 is 28.3 Å². The van der Waals surface area contributed by atoms with Crippen LogP contribution >= 0.6 is 0 Å². The van der Waals surface area contributed by atoms with Crippen LogP contribution in [0.4, 0.5) is 14.5 Å². The van der Waals surface area contributed by atoms with Crippen LogP contribution in [0.2, 0.25) is 0 Å². The molecule has 164 valence electrons. The highest BCUT2D eigenvalue weighted by atomic mass is 19.1. The zero-order valence-corrected chi connectivity index (χ0v) is 17.6. The molecule has 0 saturated carbocycles. The van der Waals surface area contributed by atoms with Crippen LogP contribution in [0.1, 0.15) is 22.7 Å². The molecule has 4 aromatic carbocycles. The van der Waals surface area contributed by atoms with Crippen LogP contribution in [-0.4, -0.2) is 23.3 Å². The molecular weight excluding hydrogens is 422 g/mol. The summed E-state index contributed by atoms with van der Waals surface area (Å²) in [6.45, 7) is -0.206. The second-order valence-electron chi connectivity index (χ2n) is 8.07. The third-order valence-corrected chi connectivity index (χ3v) is 5.94. The number of hydrogen-bond donors (Lipinski definition) is 1. The van der Waals surface area contributed by atoms with Crippen LogP contribution in [0.5, 0.6) is 0 Å². The van der Waals surface area contributed by atoms with Gasteiger partial charge < -0.3 is 10.2 Å². The second-order valence-corrected chi connectivity index (χ2v) is 8.07. The van der Waals surface area contributed by atoms with Crippen LogP contribution in [0.3, 0.4) is 0 Å². The molecule has 1 heterocycles. The number of carbonyl (C=O) groups is 2. The van der Waals surface area contributed by atoms with Gasteiger partial charge in [-0.1, -0.05) is 54.6 Å². The molecule has 1 aliphatic rings. The van der Waals surface area contributed by atoms with Gasteiger partial charge in [-0.05, 0) is 52.2 Å². The summed E-state index contributed by atoms with van der Waals surface area (Å²) in [5.74, 6) is -1.57. The number of halogens is 2. The summed E-state index contributed by atoms with van der Waals surface area (Å²) >= 11 is 0. The topological polar surface area (TPSA) is 49.4 Å². The fourth-order valence-electron chi connectivity index (χ4n) is 4.43. The van der Waals surface area contributed by atoms with E-state index in [0.29, 0.717) is 16.8 Å². The van der Waals surface area contributed by atoms with Crippen molar-refractivity contribution in [3.8, 4) is 0 Å². The molecule has 1 unspecified atom stereocenters. The van der Waals surface area contributed by atoms with Crippen LogP contribution in [0, 0.1) is 11.6 Å². The lowest BCUT2D eigenvalue weighted by Gasteiger charge is -2.31. The molecule has 33 heavy (non-hydrogen) atoms. The smallest absolute Gasteiger partial charge is 0.244 e. The molecular formula is C27H20F2N2O2. The minimum Gasteiger partial charge on any atom is -0.324 e. The van der Waals surface area contributed by atoms with Gasteiger partial charge in [-0.2, -0.15) is 0 Å². The summed E-state index contributed by atoms with van der Waals surface area (Å²) in [6.07, 6.45) is 0.0664. The Labute approximate surface area is 189 Å². The molecule has 4 aromatic rings. The van der Waals surface area contributed by atoms with Gasteiger partial charge in [0.15, 0.2) is 0 Å². The number of anilines is 1. The lowest BCUT2D eigenvalue weighted by Crippen LogP contribution is -2.39. The van der Waals surface area contributed by atoms with Crippen molar-refractivity contribution in [3.63, 3.8) is 0 Å². The molecule has 0 spiro atoms. The first-order chi connectivity index (χ1) is 16.0. The highest BCUT2D eigenvalue weighted by molar-refractivity contribution is 5.98. The van der Waals surface area contributed by atoms with Crippen LogP contribution in [0.25, 0.3) is 10.8 Å². The molecule has 1 N–H and O–H groups in total. The predicted molar refractivity (Wildman–Crippen MR) is 123 cm³/mol. The molecule has 2 amide bonds. The van der Waals surface area contributed by atoms with E-state index in [0.717, 1.165) is 16.3 Å². The SMILES string of the molecule is O=C1CN(C(=O)Cc2cccc3ccccc23)C(c2ccc(F)cc2)c2cc(F)ccc2N1. The molecule has 0 radical (unpaired) electrons. The Hall–Kier alpha value is -4.06. The Kier molecular flexibility index (Phi) is 5.34. The average Bonchev–Trinajstić information content (AvgIpc) is 2.95. The van der Waals surface area contributed by atoms with E-state index in [1.165, 1.54) is 35.2 Å². The standard InChI is InChI=1S/C27H20F2N2O2/c28-20-10-8-18(9-11-20)27-23-15-21(29)12-13-24(23)30-25(32)16-31(27)26(33)14-19-6-3-5-17-4-1-2-7-22(17)19/h1-13,15,27H,14,16H2,(H,30,32). The highest BCUT2D eigenvalue weighted by Crippen LogP contribution is 2.37. The maximum Gasteiger partial charge on any atom is 0.244 e. The maximum atomic E-state index is 14.3. The van der Waals surface area contributed by atoms with Gasteiger partial charge in [0.25, 0.3) is 0 Å². The summed E-state index contributed by atoms with van der Waals surface area (Å²) in [4.78, 5) is 27.8. The average molecular weight is 442 g/mol. The highest BCUT2D eigenvalue weighted by Gasteiger charge is 2.33. The minimum absolute atomic E-state index is 0.0664. The third-order valence-electron chi connectivity index (χ3n) is 5.94. The first-order valence-corrected chi connectivity index (χ1v) is 10.6. The number of hydrogen-bond acceptors (Lipinski definition) is 2. The summed E-state index contributed by atoms with van der Waals surface area (Å²) in [5, 5.41) is 4.73. The lowest BCUT2D eigenvalue weighted by atomic mass is 9.94. The molecule has 0 bridgehead atoms. The monoisotopic (exact) mass is 442 g/mol. The number of nitrogens with one attached hydrogen (secondary N) is 1. The van der Waals surface area contributed by atoms with Gasteiger partial charge in [0.05, 0.1) is 12.5 Å². The quantitative estimate of drug-likeness (QED) is 0.472. The zero-order valence-electron chi connectivity index (χ0n) is 17.6. The summed E-state index contributed by atoms with van der Waals surface area (Å²) in [7, 11) is 0. The Balaban J connectivity index is 1.60. The van der Waals surface area contributed by atoms with Crippen molar-refractivity contribution in [2.24, 2.45) is 0 Å². The van der Waals surface area contributed by atoms with E-state index in [2.05, 4.69) is 5.32 Å². The van der Waals surface area contributed by atoms with Gasteiger partial charge in [0.2, 0.25) is 11.8 Å². The van der Waals surface area contributed by atoms with Gasteiger partial charge in [-0.25, -0.2) is 8.78 Å². The zero-order chi connectivity index (χ0) is 22.9. The van der Waals surface area contributed by atoms with E-state index in [-0.39, 0.29) is 24.8 Å². The maximum absolute atomic E-state index is 14.3. The molecule has 0 aliphatic carbocycles. The van der Waals surface area contributed by atoms with Crippen LogP contribution < -0.4 is 5.32 Å². The normalized spacial score (nSPS) is 15.6. The van der Waals surface area contributed by atoms with Crippen molar-refractivity contribution < 1.29 is 18.4 Å². The van der Waals surface area contributed by atoms with Crippen LogP contribution in [0.15, 0.2) is 84.9 Å². The van der Waals surface area contributed by atoms with Gasteiger partial charge in [0, 0.05) is 11.3 Å². The first-order valence-electron chi connectivity index (χ1n) is 10.6. The Morgan fingerprint density at radius 3 is 2.45 bits per heavy atom. The van der Waals surface area contributed by atoms with Gasteiger partial charge in [-0.3, -0.25) is 9.59 Å². The molecule has 0 aromatic heterocycles. The van der Waals surface area contributed by atoms with Crippen molar-refractivity contribution in [2.45, 2.75) is 12.5 Å². The Bertz CT molecular complexity index is 1360. The number of nitrogens with zero attached hydrogens (tertiary/aromatic N) is 1. The van der Waals surface area contributed by atoms with E-state index in [1.807, 2.05) is 42.5 Å². The molecule has 5 rings (SSSR count). The van der Waals surface area contributed by atoms with E-state index in [4.69, 9.17) is 0 Å². The number of rotatable bonds is 3. The van der Waals surface area contributed by atoms with E-state index in [1.54, 1.807) is 12.1 Å². The van der Waals surface area contributed by atoms with E-state index in [9.17, 15) is 18.4 Å². The van der Waals surface area contributed by atoms with Crippen LogP contribution in [-0.2, 0) is 16.0 Å². The molecule has 4 nitrogen and oxygen atoms in total. The fraction of sp³-hybridized carbons (Fsp3) is 0.111. The third kappa shape index (κ3) is 4.07. The van der Waals surface area contributed by atoms with E-state index < -0.39 is 17.7 Å². The summed E-state index contributed by atoms with van der Waals surface area (Å²) in [6, 6.07) is 22.5. The second kappa shape index (κ2) is 8.47. The largest absolute Gasteiger partial charge is 0.324 e. The Morgan fingerprint density at radius 1 is 0.909 bits per heavy atom. The summed E-state index contributed by atoms with van der Waals surface area (Å²) < 4.78 is 27.9. The fourth-order valence-corrected chi connectivity index (χ4v) is 4.43. The molecule has 6 heteroatoms. The van der Waals surface area contributed by atoms with Crippen molar-refractivity contribution in [1.82, 2.24) is 4.90 Å². The number of benzene rings is 4. The predicted octanol–water partition coefficient (Wildman–Crippen LogP) is 5.23. The molecule has 0 fully saturated rings. The van der Waals surface area contributed by atoms with E-state index >= 15 is 0 Å². The molecule has 1 atom stereocenters.